The summed E-state index contributed by atoms with van der Waals surface area (Å²) >= 11 is 0. The highest BCUT2D eigenvalue weighted by Gasteiger charge is 2.26. The molecule has 25 heavy (non-hydrogen) atoms. The van der Waals surface area contributed by atoms with Crippen molar-refractivity contribution >= 4 is 36.4 Å². The number of unbranched alkanes of at least 4 members (excludes halogenated alkanes) is 1. The van der Waals surface area contributed by atoms with Gasteiger partial charge in [-0.2, -0.15) is 0 Å². The average Bonchev–Trinajstić information content (AvgIpc) is 3.11. The number of nitrogens with one attached hydrogen (secondary N) is 1. The van der Waals surface area contributed by atoms with E-state index in [0.29, 0.717) is 6.04 Å². The normalized spacial score (nSPS) is 15.9. The molecule has 0 aliphatic carbocycles. The number of carbonyl (C=O) groups excluding carboxylic acids is 1. The molecule has 1 fully saturated rings. The van der Waals surface area contributed by atoms with Gasteiger partial charge in [0.15, 0.2) is 0 Å². The molecule has 0 radical (unpaired) electrons. The second kappa shape index (κ2) is 12.4. The summed E-state index contributed by atoms with van der Waals surface area (Å²) in [5.74, 6) is 0.170. The minimum absolute atomic E-state index is 0. The Morgan fingerprint density at radius 1 is 1.12 bits per heavy atom. The van der Waals surface area contributed by atoms with Crippen LogP contribution in [0.3, 0.4) is 0 Å². The number of benzene rings is 1. The minimum Gasteiger partial charge on any atom is -0.375 e. The Bertz CT molecular complexity index is 490. The summed E-state index contributed by atoms with van der Waals surface area (Å²) in [4.78, 5) is 17.2. The lowest BCUT2D eigenvalue weighted by molar-refractivity contribution is 0.0692. The summed E-state index contributed by atoms with van der Waals surface area (Å²) in [6, 6.07) is 8.44. The molecule has 0 saturated carbocycles. The molecule has 1 aliphatic rings. The van der Waals surface area contributed by atoms with E-state index in [0.717, 1.165) is 44.6 Å². The molecule has 4 nitrogen and oxygen atoms in total. The summed E-state index contributed by atoms with van der Waals surface area (Å²) in [6.45, 7) is 8.16. The molecule has 144 valence electrons. The molecule has 6 heteroatoms. The molecule has 1 aliphatic heterocycles. The Labute approximate surface area is 165 Å². The zero-order valence-corrected chi connectivity index (χ0v) is 17.3. The molecular weight excluding hydrogens is 357 g/mol. The third kappa shape index (κ3) is 6.69. The van der Waals surface area contributed by atoms with E-state index in [2.05, 4.69) is 48.1 Å². The third-order valence-corrected chi connectivity index (χ3v) is 4.60. The molecule has 2 rings (SSSR count). The van der Waals surface area contributed by atoms with Gasteiger partial charge in [-0.05, 0) is 50.1 Å². The summed E-state index contributed by atoms with van der Waals surface area (Å²) in [5.41, 5.74) is 1.98. The van der Waals surface area contributed by atoms with Crippen molar-refractivity contribution in [3.05, 3.63) is 29.8 Å². The SMILES string of the molecule is CCCCN(C)c1ccc(C(=O)N(CCC)C2CCNC2)cc1.Cl.Cl. The first-order valence-electron chi connectivity index (χ1n) is 9.00. The van der Waals surface area contributed by atoms with E-state index >= 15 is 0 Å². The van der Waals surface area contributed by atoms with E-state index in [-0.39, 0.29) is 30.7 Å². The van der Waals surface area contributed by atoms with E-state index in [9.17, 15) is 4.79 Å². The van der Waals surface area contributed by atoms with Crippen LogP contribution in [-0.4, -0.2) is 50.1 Å². The maximum atomic E-state index is 12.9. The van der Waals surface area contributed by atoms with Gasteiger partial charge in [-0.1, -0.05) is 20.3 Å². The second-order valence-corrected chi connectivity index (χ2v) is 6.47. The number of hydrogen-bond donors (Lipinski definition) is 1. The van der Waals surface area contributed by atoms with Gasteiger partial charge >= 0.3 is 0 Å². The lowest BCUT2D eigenvalue weighted by atomic mass is 10.1. The van der Waals surface area contributed by atoms with Crippen LogP contribution in [0, 0.1) is 0 Å². The third-order valence-electron chi connectivity index (χ3n) is 4.60. The maximum absolute atomic E-state index is 12.9. The van der Waals surface area contributed by atoms with Gasteiger partial charge < -0.3 is 15.1 Å². The Kier molecular flexibility index (Phi) is 11.9. The maximum Gasteiger partial charge on any atom is 0.254 e. The van der Waals surface area contributed by atoms with Gasteiger partial charge in [0.2, 0.25) is 0 Å². The number of nitrogens with zero attached hydrogens (tertiary/aromatic N) is 2. The minimum atomic E-state index is 0. The summed E-state index contributed by atoms with van der Waals surface area (Å²) < 4.78 is 0. The predicted molar refractivity (Wildman–Crippen MR) is 112 cm³/mol. The molecular formula is C19H33Cl2N3O. The van der Waals surface area contributed by atoms with Crippen molar-refractivity contribution in [1.29, 1.82) is 0 Å². The first-order chi connectivity index (χ1) is 11.2. The molecule has 0 spiro atoms. The average molecular weight is 390 g/mol. The lowest BCUT2D eigenvalue weighted by Gasteiger charge is -2.28. The molecule has 1 amide bonds. The van der Waals surface area contributed by atoms with Crippen LogP contribution in [0.25, 0.3) is 0 Å². The summed E-state index contributed by atoms with van der Waals surface area (Å²) in [7, 11) is 2.11. The quantitative estimate of drug-likeness (QED) is 0.729. The fourth-order valence-electron chi connectivity index (χ4n) is 3.14. The van der Waals surface area contributed by atoms with Crippen LogP contribution in [0.4, 0.5) is 5.69 Å². The van der Waals surface area contributed by atoms with Crippen LogP contribution in [0.5, 0.6) is 0 Å². The predicted octanol–water partition coefficient (Wildman–Crippen LogP) is 3.98. The van der Waals surface area contributed by atoms with E-state index in [1.54, 1.807) is 0 Å². The Balaban J connectivity index is 0.00000288. The number of rotatable bonds is 8. The fraction of sp³-hybridized carbons (Fsp3) is 0.632. The highest BCUT2D eigenvalue weighted by molar-refractivity contribution is 5.94. The van der Waals surface area contributed by atoms with Crippen LogP contribution in [0.2, 0.25) is 0 Å². The van der Waals surface area contributed by atoms with Gasteiger partial charge in [-0.3, -0.25) is 4.79 Å². The topological polar surface area (TPSA) is 35.6 Å². The molecule has 1 heterocycles. The van der Waals surface area contributed by atoms with E-state index < -0.39 is 0 Å². The molecule has 1 saturated heterocycles. The largest absolute Gasteiger partial charge is 0.375 e. The molecule has 0 bridgehead atoms. The highest BCUT2D eigenvalue weighted by Crippen LogP contribution is 2.18. The van der Waals surface area contributed by atoms with Gasteiger partial charge in [0, 0.05) is 44.0 Å². The Hall–Kier alpha value is -0.970. The van der Waals surface area contributed by atoms with E-state index in [4.69, 9.17) is 0 Å². The molecule has 1 aromatic carbocycles. The van der Waals surface area contributed by atoms with Gasteiger partial charge in [-0.25, -0.2) is 0 Å². The van der Waals surface area contributed by atoms with Gasteiger partial charge in [0.05, 0.1) is 0 Å². The molecule has 1 N–H and O–H groups in total. The summed E-state index contributed by atoms with van der Waals surface area (Å²) in [5, 5.41) is 3.36. The number of anilines is 1. The van der Waals surface area contributed by atoms with E-state index in [1.165, 1.54) is 18.5 Å². The smallest absolute Gasteiger partial charge is 0.254 e. The van der Waals surface area contributed by atoms with Crippen LogP contribution in [0.15, 0.2) is 24.3 Å². The first-order valence-corrected chi connectivity index (χ1v) is 9.00. The van der Waals surface area contributed by atoms with Gasteiger partial charge in [-0.15, -0.1) is 24.8 Å². The van der Waals surface area contributed by atoms with Crippen molar-refractivity contribution in [3.63, 3.8) is 0 Å². The van der Waals surface area contributed by atoms with Crippen molar-refractivity contribution < 1.29 is 4.79 Å². The molecule has 1 aromatic rings. The van der Waals surface area contributed by atoms with Crippen LogP contribution in [-0.2, 0) is 0 Å². The summed E-state index contributed by atoms with van der Waals surface area (Å²) in [6.07, 6.45) is 4.45. The number of halogens is 2. The van der Waals surface area contributed by atoms with Crippen LogP contribution < -0.4 is 10.2 Å². The second-order valence-electron chi connectivity index (χ2n) is 6.47. The molecule has 1 atom stereocenters. The van der Waals surface area contributed by atoms with Gasteiger partial charge in [0.25, 0.3) is 5.91 Å². The standard InChI is InChI=1S/C19H31N3O.2ClH/c1-4-6-14-21(3)17-9-7-16(8-10-17)19(23)22(13-5-2)18-11-12-20-15-18;;/h7-10,18,20H,4-6,11-15H2,1-3H3;2*1H. The lowest BCUT2D eigenvalue weighted by Crippen LogP contribution is -2.42. The van der Waals surface area contributed by atoms with Crippen LogP contribution >= 0.6 is 24.8 Å². The number of hydrogen-bond acceptors (Lipinski definition) is 3. The fourth-order valence-corrected chi connectivity index (χ4v) is 3.14. The van der Waals surface area contributed by atoms with Crippen molar-refractivity contribution in [2.24, 2.45) is 0 Å². The van der Waals surface area contributed by atoms with Crippen molar-refractivity contribution in [2.45, 2.75) is 45.6 Å². The van der Waals surface area contributed by atoms with Crippen molar-refractivity contribution in [3.8, 4) is 0 Å². The zero-order valence-electron chi connectivity index (χ0n) is 15.7. The van der Waals surface area contributed by atoms with Crippen molar-refractivity contribution in [2.75, 3.05) is 38.1 Å². The Morgan fingerprint density at radius 3 is 2.32 bits per heavy atom. The highest BCUT2D eigenvalue weighted by atomic mass is 35.5. The number of amides is 1. The van der Waals surface area contributed by atoms with E-state index in [1.807, 2.05) is 12.1 Å². The number of carbonyl (C=O) groups is 1. The van der Waals surface area contributed by atoms with Crippen molar-refractivity contribution in [1.82, 2.24) is 10.2 Å². The Morgan fingerprint density at radius 2 is 1.80 bits per heavy atom. The van der Waals surface area contributed by atoms with Gasteiger partial charge in [0.1, 0.15) is 0 Å². The molecule has 0 aromatic heterocycles. The van der Waals surface area contributed by atoms with Crippen LogP contribution in [0.1, 0.15) is 49.9 Å². The molecule has 1 unspecified atom stereocenters. The monoisotopic (exact) mass is 389 g/mol. The zero-order chi connectivity index (χ0) is 16.7. The first kappa shape index (κ1) is 24.0.